The Kier molecular flexibility index (Phi) is 4.59. The van der Waals surface area contributed by atoms with Gasteiger partial charge in [-0.2, -0.15) is 0 Å². The van der Waals surface area contributed by atoms with E-state index in [4.69, 9.17) is 0 Å². The third kappa shape index (κ3) is 3.20. The number of benzene rings is 3. The molecule has 4 rings (SSSR count). The van der Waals surface area contributed by atoms with Gasteiger partial charge in [0.05, 0.1) is 37.8 Å². The van der Waals surface area contributed by atoms with Crippen LogP contribution in [0, 0.1) is 30.3 Å². The summed E-state index contributed by atoms with van der Waals surface area (Å²) in [6, 6.07) is 12.8. The van der Waals surface area contributed by atoms with E-state index in [1.165, 1.54) is 24.3 Å². The van der Waals surface area contributed by atoms with Crippen LogP contribution in [0.5, 0.6) is 0 Å². The maximum Gasteiger partial charge on any atom is 0.284 e. The van der Waals surface area contributed by atoms with Crippen LogP contribution in [0.1, 0.15) is 11.1 Å². The van der Waals surface area contributed by atoms with Gasteiger partial charge in [0.25, 0.3) is 17.1 Å². The summed E-state index contributed by atoms with van der Waals surface area (Å²) in [6.45, 7) is 0. The first-order valence-electron chi connectivity index (χ1n) is 8.37. The maximum atomic E-state index is 11.7. The summed E-state index contributed by atoms with van der Waals surface area (Å²) in [7, 11) is 0. The lowest BCUT2D eigenvalue weighted by molar-refractivity contribution is -0.393. The Morgan fingerprint density at radius 3 is 1.93 bits per heavy atom. The average Bonchev–Trinajstić information content (AvgIpc) is 3.01. The van der Waals surface area contributed by atoms with Crippen LogP contribution >= 0.6 is 15.9 Å². The third-order valence-corrected chi connectivity index (χ3v) is 5.10. The smallest absolute Gasteiger partial charge is 0.258 e. The molecule has 0 spiro atoms. The molecule has 1 aliphatic rings. The predicted molar refractivity (Wildman–Crippen MR) is 111 cm³/mol. The van der Waals surface area contributed by atoms with E-state index in [1.807, 2.05) is 0 Å². The molecule has 148 valence electrons. The van der Waals surface area contributed by atoms with E-state index in [9.17, 15) is 30.3 Å². The molecule has 0 unspecified atom stereocenters. The molecule has 0 aliphatic heterocycles. The first-order valence-corrected chi connectivity index (χ1v) is 9.16. The number of halogens is 1. The molecule has 0 saturated carbocycles. The van der Waals surface area contributed by atoms with E-state index in [0.717, 1.165) is 10.5 Å². The largest absolute Gasteiger partial charge is 0.284 e. The van der Waals surface area contributed by atoms with Crippen molar-refractivity contribution in [3.8, 4) is 11.1 Å². The Morgan fingerprint density at radius 1 is 0.700 bits per heavy atom. The first-order chi connectivity index (χ1) is 14.3. The summed E-state index contributed by atoms with van der Waals surface area (Å²) in [5, 5.41) is 34.3. The van der Waals surface area contributed by atoms with Gasteiger partial charge in [-0.15, -0.1) is 0 Å². The van der Waals surface area contributed by atoms with Crippen LogP contribution in [0.25, 0.3) is 11.1 Å². The minimum atomic E-state index is -0.726. The molecule has 0 fully saturated rings. The monoisotopic (exact) mass is 468 g/mol. The highest BCUT2D eigenvalue weighted by Crippen LogP contribution is 2.46. The van der Waals surface area contributed by atoms with Crippen LogP contribution in [0.3, 0.4) is 0 Å². The Balaban J connectivity index is 2.07. The Bertz CT molecular complexity index is 1290. The molecular weight excluding hydrogens is 460 g/mol. The second kappa shape index (κ2) is 7.12. The van der Waals surface area contributed by atoms with Gasteiger partial charge in [-0.05, 0) is 35.9 Å². The number of rotatable bonds is 4. The topological polar surface area (TPSA) is 142 Å². The van der Waals surface area contributed by atoms with Crippen LogP contribution in [-0.4, -0.2) is 20.5 Å². The molecule has 0 saturated heterocycles. The van der Waals surface area contributed by atoms with Gasteiger partial charge in [0.1, 0.15) is 0 Å². The molecule has 1 aliphatic carbocycles. The van der Waals surface area contributed by atoms with E-state index in [2.05, 4.69) is 20.9 Å². The molecule has 11 heteroatoms. The molecule has 30 heavy (non-hydrogen) atoms. The summed E-state index contributed by atoms with van der Waals surface area (Å²) < 4.78 is 0.806. The van der Waals surface area contributed by atoms with Crippen LogP contribution in [0.4, 0.5) is 22.7 Å². The molecule has 0 aromatic heterocycles. The van der Waals surface area contributed by atoms with E-state index in [1.54, 1.807) is 24.3 Å². The number of hydrogen-bond donors (Lipinski definition) is 0. The zero-order chi connectivity index (χ0) is 21.6. The number of nitrogens with zero attached hydrogens (tertiary/aromatic N) is 4. The summed E-state index contributed by atoms with van der Waals surface area (Å²) >= 11 is 3.31. The van der Waals surface area contributed by atoms with Crippen LogP contribution < -0.4 is 0 Å². The maximum absolute atomic E-state index is 11.7. The van der Waals surface area contributed by atoms with Crippen molar-refractivity contribution in [2.45, 2.75) is 0 Å². The van der Waals surface area contributed by atoms with Gasteiger partial charge >= 0.3 is 0 Å². The van der Waals surface area contributed by atoms with E-state index >= 15 is 0 Å². The lowest BCUT2D eigenvalue weighted by atomic mass is 10.0. The van der Waals surface area contributed by atoms with Crippen molar-refractivity contribution in [2.24, 2.45) is 4.99 Å². The second-order valence-corrected chi connectivity index (χ2v) is 7.24. The van der Waals surface area contributed by atoms with Gasteiger partial charge in [-0.1, -0.05) is 15.9 Å². The highest BCUT2D eigenvalue weighted by molar-refractivity contribution is 9.10. The molecular formula is C19H9BrN4O6. The Morgan fingerprint density at radius 2 is 1.33 bits per heavy atom. The minimum absolute atomic E-state index is 0.145. The summed E-state index contributed by atoms with van der Waals surface area (Å²) in [5.74, 6) is 0. The molecule has 10 nitrogen and oxygen atoms in total. The predicted octanol–water partition coefficient (Wildman–Crippen LogP) is 5.32. The lowest BCUT2D eigenvalue weighted by Crippen LogP contribution is -2.01. The second-order valence-electron chi connectivity index (χ2n) is 6.33. The summed E-state index contributed by atoms with van der Waals surface area (Å²) in [5.41, 5.74) is 0.494. The van der Waals surface area contributed by atoms with Crippen molar-refractivity contribution in [1.29, 1.82) is 0 Å². The highest BCUT2D eigenvalue weighted by Gasteiger charge is 2.35. The number of fused-ring (bicyclic) bond motifs is 3. The van der Waals surface area contributed by atoms with Gasteiger partial charge in [0.2, 0.25) is 0 Å². The minimum Gasteiger partial charge on any atom is -0.258 e. The summed E-state index contributed by atoms with van der Waals surface area (Å²) in [6.07, 6.45) is 0. The fourth-order valence-electron chi connectivity index (χ4n) is 3.30. The standard InChI is InChI=1S/C19H9BrN4O6/c20-10-1-3-11(4-2-10)21-19-15-7-12(22(25)26)5-6-14(15)18-16(19)8-13(23(27)28)9-17(18)24(29)30/h1-9H/b21-19+. The van der Waals surface area contributed by atoms with Crippen molar-refractivity contribution in [3.05, 3.63) is 101 Å². The summed E-state index contributed by atoms with van der Waals surface area (Å²) in [4.78, 5) is 36.7. The number of nitro benzene ring substituents is 3. The number of aliphatic imine (C=N–C) groups is 1. The zero-order valence-corrected chi connectivity index (χ0v) is 16.4. The molecule has 0 amide bonds. The number of non-ortho nitro benzene ring substituents is 2. The first kappa shape index (κ1) is 19.3. The molecule has 0 N–H and O–H groups in total. The quantitative estimate of drug-likeness (QED) is 0.292. The molecule has 3 aromatic carbocycles. The zero-order valence-electron chi connectivity index (χ0n) is 14.8. The van der Waals surface area contributed by atoms with Gasteiger partial charge in [-0.3, -0.25) is 30.3 Å². The van der Waals surface area contributed by atoms with Gasteiger partial charge in [0, 0.05) is 33.8 Å². The van der Waals surface area contributed by atoms with Crippen molar-refractivity contribution < 1.29 is 14.8 Å². The normalized spacial score (nSPS) is 13.0. The molecule has 3 aromatic rings. The van der Waals surface area contributed by atoms with Crippen molar-refractivity contribution >= 4 is 44.4 Å². The Hall–Kier alpha value is -3.99. The average molecular weight is 469 g/mol. The fraction of sp³-hybridized carbons (Fsp3) is 0. The molecule has 0 heterocycles. The van der Waals surface area contributed by atoms with E-state index in [-0.39, 0.29) is 22.5 Å². The van der Waals surface area contributed by atoms with Crippen LogP contribution in [0.15, 0.2) is 64.1 Å². The van der Waals surface area contributed by atoms with E-state index < -0.39 is 26.1 Å². The third-order valence-electron chi connectivity index (χ3n) is 4.57. The van der Waals surface area contributed by atoms with E-state index in [0.29, 0.717) is 16.8 Å². The van der Waals surface area contributed by atoms with Crippen molar-refractivity contribution in [2.75, 3.05) is 0 Å². The van der Waals surface area contributed by atoms with Crippen molar-refractivity contribution in [1.82, 2.24) is 0 Å². The molecule has 0 atom stereocenters. The highest BCUT2D eigenvalue weighted by atomic mass is 79.9. The number of hydrogen-bond acceptors (Lipinski definition) is 7. The Labute approximate surface area is 176 Å². The van der Waals surface area contributed by atoms with Gasteiger partial charge < -0.3 is 0 Å². The lowest BCUT2D eigenvalue weighted by Gasteiger charge is -2.03. The van der Waals surface area contributed by atoms with Crippen molar-refractivity contribution in [3.63, 3.8) is 0 Å². The van der Waals surface area contributed by atoms with Crippen LogP contribution in [0.2, 0.25) is 0 Å². The molecule has 0 bridgehead atoms. The van der Waals surface area contributed by atoms with Gasteiger partial charge in [-0.25, -0.2) is 4.99 Å². The van der Waals surface area contributed by atoms with Gasteiger partial charge in [0.15, 0.2) is 0 Å². The SMILES string of the molecule is O=[N+]([O-])c1ccc2c(c1)/C(=N\c1ccc(Br)cc1)c1cc([N+](=O)[O-])cc([N+](=O)[O-])c1-2. The molecule has 0 radical (unpaired) electrons. The number of nitro groups is 3. The fourth-order valence-corrected chi connectivity index (χ4v) is 3.57. The van der Waals surface area contributed by atoms with Crippen LogP contribution in [-0.2, 0) is 0 Å².